The zero-order valence-electron chi connectivity index (χ0n) is 14.8. The minimum atomic E-state index is -1.04. The Morgan fingerprint density at radius 2 is 2.19 bits per heavy atom. The van der Waals surface area contributed by atoms with Crippen LogP contribution in [0.15, 0.2) is 24.3 Å². The number of amides is 1. The van der Waals surface area contributed by atoms with E-state index in [1.54, 1.807) is 0 Å². The van der Waals surface area contributed by atoms with Crippen LogP contribution in [0.25, 0.3) is 0 Å². The number of hydrogen-bond donors (Lipinski definition) is 2. The number of piperidine rings is 1. The minimum Gasteiger partial charge on any atom is -0.465 e. The summed E-state index contributed by atoms with van der Waals surface area (Å²) in [6.45, 7) is 1.49. The largest absolute Gasteiger partial charge is 0.465 e. The Labute approximate surface area is 159 Å². The highest BCUT2D eigenvalue weighted by atomic mass is 35.5. The first-order chi connectivity index (χ1) is 12.5. The van der Waals surface area contributed by atoms with Crippen LogP contribution >= 0.6 is 11.6 Å². The number of hydrogen-bond acceptors (Lipinski definition) is 4. The summed E-state index contributed by atoms with van der Waals surface area (Å²) in [5, 5.41) is 13.2. The molecule has 0 saturated carbocycles. The van der Waals surface area contributed by atoms with Crippen molar-refractivity contribution in [2.24, 2.45) is 0 Å². The Morgan fingerprint density at radius 1 is 1.46 bits per heavy atom. The van der Waals surface area contributed by atoms with Gasteiger partial charge in [-0.2, -0.15) is 0 Å². The molecule has 1 aromatic rings. The third kappa shape index (κ3) is 5.73. The van der Waals surface area contributed by atoms with Crippen LogP contribution in [-0.2, 0) is 4.79 Å². The number of carbonyl (C=O) groups excluding carboxylic acids is 1. The molecule has 26 heavy (non-hydrogen) atoms. The molecule has 1 amide bonds. The Kier molecular flexibility index (Phi) is 7.92. The molecule has 1 aliphatic rings. The van der Waals surface area contributed by atoms with Crippen LogP contribution in [0.2, 0.25) is 5.02 Å². The quantitative estimate of drug-likeness (QED) is 0.587. The molecule has 1 saturated heterocycles. The molecule has 1 aromatic carbocycles. The fourth-order valence-corrected chi connectivity index (χ4v) is 3.33. The molecule has 1 heterocycles. The Bertz CT molecular complexity index is 669. The summed E-state index contributed by atoms with van der Waals surface area (Å²) in [6.07, 6.45) is 1.76. The molecule has 140 valence electrons. The molecule has 2 rings (SSSR count). The second-order valence-electron chi connectivity index (χ2n) is 6.18. The maximum absolute atomic E-state index is 11.3. The van der Waals surface area contributed by atoms with Gasteiger partial charge in [-0.3, -0.25) is 9.80 Å². The van der Waals surface area contributed by atoms with Gasteiger partial charge in [-0.05, 0) is 44.2 Å². The van der Waals surface area contributed by atoms with Gasteiger partial charge in [0.1, 0.15) is 6.29 Å². The van der Waals surface area contributed by atoms with E-state index in [1.165, 1.54) is 4.90 Å². The van der Waals surface area contributed by atoms with Crippen LogP contribution in [0.5, 0.6) is 0 Å². The van der Waals surface area contributed by atoms with Crippen molar-refractivity contribution < 1.29 is 14.7 Å². The fraction of sp³-hybridized carbons (Fsp3) is 0.474. The molecule has 7 heteroatoms. The van der Waals surface area contributed by atoms with Crippen molar-refractivity contribution in [3.05, 3.63) is 34.9 Å². The first-order valence-electron chi connectivity index (χ1n) is 8.64. The molecule has 0 spiro atoms. The summed E-state index contributed by atoms with van der Waals surface area (Å²) in [7, 11) is 1.87. The van der Waals surface area contributed by atoms with Gasteiger partial charge in [0.05, 0.1) is 12.7 Å². The van der Waals surface area contributed by atoms with E-state index in [0.29, 0.717) is 24.2 Å². The smallest absolute Gasteiger partial charge is 0.407 e. The van der Waals surface area contributed by atoms with E-state index in [-0.39, 0.29) is 18.8 Å². The molecule has 2 N–H and O–H groups in total. The first kappa shape index (κ1) is 20.2. The van der Waals surface area contributed by atoms with Crippen molar-refractivity contribution >= 4 is 24.0 Å². The number of benzene rings is 1. The maximum Gasteiger partial charge on any atom is 0.407 e. The average molecular weight is 378 g/mol. The molecule has 2 atom stereocenters. The van der Waals surface area contributed by atoms with E-state index in [0.717, 1.165) is 25.1 Å². The number of likely N-dealkylation sites (tertiary alicyclic amines) is 1. The molecule has 1 aliphatic heterocycles. The summed E-state index contributed by atoms with van der Waals surface area (Å²) < 4.78 is 0. The zero-order chi connectivity index (χ0) is 18.9. The molecule has 0 bridgehead atoms. The standard InChI is InChI=1S/C19H24ClN3O3/c1-21-18-14-17(23(12-13-24)19(25)26)9-11-22(18)10-3-2-4-15-5-7-16(20)8-6-15/h5-8,13,17-18,21H,3,9-12,14H2,1H3,(H,25,26). The maximum atomic E-state index is 11.3. The van der Waals surface area contributed by atoms with Gasteiger partial charge in [-0.25, -0.2) is 4.79 Å². The zero-order valence-corrected chi connectivity index (χ0v) is 15.6. The van der Waals surface area contributed by atoms with E-state index in [2.05, 4.69) is 22.1 Å². The number of halogens is 1. The van der Waals surface area contributed by atoms with Crippen molar-refractivity contribution in [1.82, 2.24) is 15.1 Å². The Balaban J connectivity index is 1.88. The van der Waals surface area contributed by atoms with Gasteiger partial charge in [-0.15, -0.1) is 0 Å². The van der Waals surface area contributed by atoms with Crippen LogP contribution < -0.4 is 5.32 Å². The van der Waals surface area contributed by atoms with Gasteiger partial charge in [-0.1, -0.05) is 23.4 Å². The lowest BCUT2D eigenvalue weighted by molar-refractivity contribution is -0.109. The second kappa shape index (κ2) is 10.2. The van der Waals surface area contributed by atoms with Gasteiger partial charge in [0.2, 0.25) is 0 Å². The lowest BCUT2D eigenvalue weighted by Gasteiger charge is -2.42. The van der Waals surface area contributed by atoms with Crippen molar-refractivity contribution in [3.63, 3.8) is 0 Å². The molecule has 2 unspecified atom stereocenters. The minimum absolute atomic E-state index is 0.0691. The molecular formula is C19H24ClN3O3. The van der Waals surface area contributed by atoms with Crippen LogP contribution in [0.1, 0.15) is 24.8 Å². The lowest BCUT2D eigenvalue weighted by Crippen LogP contribution is -2.56. The Hall–Kier alpha value is -2.07. The molecule has 0 aliphatic carbocycles. The van der Waals surface area contributed by atoms with Crippen molar-refractivity contribution in [1.29, 1.82) is 0 Å². The lowest BCUT2D eigenvalue weighted by atomic mass is 10.00. The van der Waals surface area contributed by atoms with E-state index in [4.69, 9.17) is 11.6 Å². The predicted octanol–water partition coefficient (Wildman–Crippen LogP) is 2.27. The molecule has 0 radical (unpaired) electrons. The van der Waals surface area contributed by atoms with Gasteiger partial charge in [0.25, 0.3) is 0 Å². The van der Waals surface area contributed by atoms with Gasteiger partial charge in [0, 0.05) is 36.1 Å². The van der Waals surface area contributed by atoms with Crippen molar-refractivity contribution in [2.45, 2.75) is 31.5 Å². The van der Waals surface area contributed by atoms with Crippen LogP contribution in [0, 0.1) is 11.8 Å². The van der Waals surface area contributed by atoms with E-state index in [1.807, 2.05) is 31.3 Å². The first-order valence-corrected chi connectivity index (χ1v) is 9.02. The fourth-order valence-electron chi connectivity index (χ4n) is 3.21. The highest BCUT2D eigenvalue weighted by Crippen LogP contribution is 2.20. The number of carboxylic acid groups (broad SMARTS) is 1. The molecule has 6 nitrogen and oxygen atoms in total. The summed E-state index contributed by atoms with van der Waals surface area (Å²) in [5.41, 5.74) is 0.934. The average Bonchev–Trinajstić information content (AvgIpc) is 2.64. The van der Waals surface area contributed by atoms with E-state index in [9.17, 15) is 14.7 Å². The summed E-state index contributed by atoms with van der Waals surface area (Å²) >= 11 is 5.86. The Morgan fingerprint density at radius 3 is 2.81 bits per heavy atom. The number of nitrogens with zero attached hydrogens (tertiary/aromatic N) is 2. The summed E-state index contributed by atoms with van der Waals surface area (Å²) in [4.78, 5) is 25.6. The highest BCUT2D eigenvalue weighted by molar-refractivity contribution is 6.30. The van der Waals surface area contributed by atoms with Gasteiger partial charge < -0.3 is 15.2 Å². The number of carbonyl (C=O) groups is 2. The summed E-state index contributed by atoms with van der Waals surface area (Å²) in [6, 6.07) is 7.28. The van der Waals surface area contributed by atoms with Crippen molar-refractivity contribution in [2.75, 3.05) is 26.7 Å². The van der Waals surface area contributed by atoms with Crippen LogP contribution in [-0.4, -0.2) is 66.2 Å². The topological polar surface area (TPSA) is 72.9 Å². The number of nitrogens with one attached hydrogen (secondary N) is 1. The monoisotopic (exact) mass is 377 g/mol. The molecular weight excluding hydrogens is 354 g/mol. The van der Waals surface area contributed by atoms with Crippen LogP contribution in [0.3, 0.4) is 0 Å². The second-order valence-corrected chi connectivity index (χ2v) is 6.62. The van der Waals surface area contributed by atoms with Gasteiger partial charge in [0.15, 0.2) is 0 Å². The predicted molar refractivity (Wildman–Crippen MR) is 101 cm³/mol. The normalized spacial score (nSPS) is 20.1. The van der Waals surface area contributed by atoms with Gasteiger partial charge >= 0.3 is 6.09 Å². The highest BCUT2D eigenvalue weighted by Gasteiger charge is 2.32. The van der Waals surface area contributed by atoms with E-state index < -0.39 is 6.09 Å². The number of aldehydes is 1. The van der Waals surface area contributed by atoms with Crippen molar-refractivity contribution in [3.8, 4) is 11.8 Å². The molecule has 1 fully saturated rings. The van der Waals surface area contributed by atoms with E-state index >= 15 is 0 Å². The van der Waals surface area contributed by atoms with Crippen LogP contribution in [0.4, 0.5) is 4.79 Å². The molecule has 0 aromatic heterocycles. The third-order valence-electron chi connectivity index (χ3n) is 4.58. The third-order valence-corrected chi connectivity index (χ3v) is 4.83. The SMILES string of the molecule is CNC1CC(N(CC=O)C(=O)O)CCN1CCC#Cc1ccc(Cl)cc1. The summed E-state index contributed by atoms with van der Waals surface area (Å²) in [5.74, 6) is 6.29. The number of rotatable bonds is 6.